The molecule has 0 bridgehead atoms. The number of rotatable bonds is 17. The highest BCUT2D eigenvalue weighted by atomic mass is 16.5. The van der Waals surface area contributed by atoms with E-state index in [9.17, 15) is 4.79 Å². The van der Waals surface area contributed by atoms with Crippen molar-refractivity contribution in [2.24, 2.45) is 0 Å². The number of esters is 1. The van der Waals surface area contributed by atoms with Gasteiger partial charge in [0.15, 0.2) is 11.6 Å². The fraction of sp³-hybridized carbons (Fsp3) is 0.536. The fourth-order valence-corrected chi connectivity index (χ4v) is 3.45. The zero-order valence-corrected chi connectivity index (χ0v) is 20.4. The molecule has 0 aliphatic carbocycles. The number of unbranched alkanes of at least 4 members (excludes halogenated alkanes) is 6. The summed E-state index contributed by atoms with van der Waals surface area (Å²) in [4.78, 5) is 20.7. The number of allylic oxidation sites excluding steroid dienone is 1. The van der Waals surface area contributed by atoms with Gasteiger partial charge < -0.3 is 9.47 Å². The SMILES string of the molecule is CCCCCCC=CCC(=O)Oc1cnc(-c2ccc(CCCCCOCCC)cc2)nc1. The van der Waals surface area contributed by atoms with Crippen LogP contribution in [0.15, 0.2) is 48.8 Å². The monoisotopic (exact) mass is 452 g/mol. The molecule has 0 N–H and O–H groups in total. The van der Waals surface area contributed by atoms with Crippen LogP contribution in [0.25, 0.3) is 11.4 Å². The van der Waals surface area contributed by atoms with Crippen molar-refractivity contribution in [3.8, 4) is 17.1 Å². The Hall–Kier alpha value is -2.53. The molecule has 2 aromatic rings. The number of hydrogen-bond donors (Lipinski definition) is 0. The molecule has 0 saturated heterocycles. The van der Waals surface area contributed by atoms with Gasteiger partial charge in [0, 0.05) is 18.8 Å². The smallest absolute Gasteiger partial charge is 0.315 e. The second kappa shape index (κ2) is 17.0. The Balaban J connectivity index is 1.70. The number of nitrogens with zero attached hydrogens (tertiary/aromatic N) is 2. The van der Waals surface area contributed by atoms with E-state index in [2.05, 4.69) is 42.0 Å². The molecule has 0 aliphatic heterocycles. The lowest BCUT2D eigenvalue weighted by atomic mass is 10.0. The topological polar surface area (TPSA) is 61.3 Å². The van der Waals surface area contributed by atoms with Gasteiger partial charge in [0.1, 0.15) is 0 Å². The Kier molecular flexibility index (Phi) is 13.8. The van der Waals surface area contributed by atoms with Gasteiger partial charge in [0.05, 0.1) is 18.8 Å². The largest absolute Gasteiger partial charge is 0.423 e. The lowest BCUT2D eigenvalue weighted by Crippen LogP contribution is -2.07. The van der Waals surface area contributed by atoms with Crippen LogP contribution in [0.5, 0.6) is 5.75 Å². The average Bonchev–Trinajstić information content (AvgIpc) is 2.84. The van der Waals surface area contributed by atoms with Crippen LogP contribution in [-0.2, 0) is 16.0 Å². The number of aryl methyl sites for hydroxylation is 1. The molecule has 5 nitrogen and oxygen atoms in total. The summed E-state index contributed by atoms with van der Waals surface area (Å²) in [5, 5.41) is 0. The maximum absolute atomic E-state index is 12.0. The molecule has 0 fully saturated rings. The number of carbonyl (C=O) groups is 1. The van der Waals surface area contributed by atoms with Crippen LogP contribution in [0.1, 0.15) is 83.6 Å². The fourth-order valence-electron chi connectivity index (χ4n) is 3.45. The summed E-state index contributed by atoms with van der Waals surface area (Å²) in [7, 11) is 0. The molecular weight excluding hydrogens is 412 g/mol. The highest BCUT2D eigenvalue weighted by molar-refractivity contribution is 5.73. The first kappa shape index (κ1) is 26.7. The number of hydrogen-bond acceptors (Lipinski definition) is 5. The molecule has 2 rings (SSSR count). The predicted molar refractivity (Wildman–Crippen MR) is 134 cm³/mol. The van der Waals surface area contributed by atoms with E-state index in [4.69, 9.17) is 9.47 Å². The molecule has 0 aliphatic rings. The molecule has 0 amide bonds. The molecule has 0 saturated carbocycles. The van der Waals surface area contributed by atoms with E-state index in [0.29, 0.717) is 11.6 Å². The van der Waals surface area contributed by atoms with Gasteiger partial charge in [-0.2, -0.15) is 0 Å². The second-order valence-corrected chi connectivity index (χ2v) is 8.36. The van der Waals surface area contributed by atoms with Crippen molar-refractivity contribution in [3.63, 3.8) is 0 Å². The lowest BCUT2D eigenvalue weighted by molar-refractivity contribution is -0.133. The van der Waals surface area contributed by atoms with Gasteiger partial charge in [-0.15, -0.1) is 0 Å². The summed E-state index contributed by atoms with van der Waals surface area (Å²) in [6.07, 6.45) is 18.9. The normalized spacial score (nSPS) is 11.2. The van der Waals surface area contributed by atoms with E-state index in [1.54, 1.807) is 12.4 Å². The quantitative estimate of drug-likeness (QED) is 0.145. The minimum atomic E-state index is -0.294. The molecule has 5 heteroatoms. The van der Waals surface area contributed by atoms with Gasteiger partial charge in [0.25, 0.3) is 0 Å². The molecular formula is C28H40N2O3. The number of carbonyl (C=O) groups excluding carboxylic acids is 1. The van der Waals surface area contributed by atoms with Crippen molar-refractivity contribution in [3.05, 3.63) is 54.4 Å². The van der Waals surface area contributed by atoms with E-state index in [1.807, 2.05) is 18.2 Å². The van der Waals surface area contributed by atoms with Crippen LogP contribution < -0.4 is 4.74 Å². The van der Waals surface area contributed by atoms with Gasteiger partial charge >= 0.3 is 5.97 Å². The van der Waals surface area contributed by atoms with Crippen molar-refractivity contribution in [2.75, 3.05) is 13.2 Å². The summed E-state index contributed by atoms with van der Waals surface area (Å²) in [5.74, 6) is 0.707. The Bertz CT molecular complexity index is 801. The molecule has 180 valence electrons. The van der Waals surface area contributed by atoms with E-state index in [-0.39, 0.29) is 12.4 Å². The summed E-state index contributed by atoms with van der Waals surface area (Å²) in [6.45, 7) is 6.07. The zero-order valence-electron chi connectivity index (χ0n) is 20.4. The van der Waals surface area contributed by atoms with Crippen molar-refractivity contribution in [1.29, 1.82) is 0 Å². The van der Waals surface area contributed by atoms with Crippen molar-refractivity contribution < 1.29 is 14.3 Å². The third-order valence-corrected chi connectivity index (χ3v) is 5.35. The third-order valence-electron chi connectivity index (χ3n) is 5.35. The number of benzene rings is 1. The molecule has 33 heavy (non-hydrogen) atoms. The highest BCUT2D eigenvalue weighted by Gasteiger charge is 2.06. The maximum atomic E-state index is 12.0. The molecule has 0 radical (unpaired) electrons. The van der Waals surface area contributed by atoms with Gasteiger partial charge in [0.2, 0.25) is 0 Å². The molecule has 1 aromatic heterocycles. The lowest BCUT2D eigenvalue weighted by Gasteiger charge is -2.06. The minimum Gasteiger partial charge on any atom is -0.423 e. The molecule has 1 heterocycles. The third kappa shape index (κ3) is 11.8. The first-order chi connectivity index (χ1) is 16.2. The predicted octanol–water partition coefficient (Wildman–Crippen LogP) is 7.11. The van der Waals surface area contributed by atoms with Crippen molar-refractivity contribution >= 4 is 5.97 Å². The van der Waals surface area contributed by atoms with E-state index < -0.39 is 0 Å². The Morgan fingerprint density at radius 1 is 0.848 bits per heavy atom. The summed E-state index contributed by atoms with van der Waals surface area (Å²) in [5.41, 5.74) is 2.27. The van der Waals surface area contributed by atoms with Crippen LogP contribution >= 0.6 is 0 Å². The number of ether oxygens (including phenoxy) is 2. The standard InChI is InChI=1S/C28H40N2O3/c1-3-5-6-7-8-9-12-15-27(31)33-26-22-29-28(30-23-26)25-18-16-24(17-19-25)14-11-10-13-21-32-20-4-2/h9,12,16-19,22-23H,3-8,10-11,13-15,20-21H2,1-2H3. The Morgan fingerprint density at radius 2 is 1.61 bits per heavy atom. The first-order valence-corrected chi connectivity index (χ1v) is 12.6. The average molecular weight is 453 g/mol. The van der Waals surface area contributed by atoms with Crippen LogP contribution in [0.3, 0.4) is 0 Å². The summed E-state index contributed by atoms with van der Waals surface area (Å²) >= 11 is 0. The molecule has 0 unspecified atom stereocenters. The maximum Gasteiger partial charge on any atom is 0.315 e. The van der Waals surface area contributed by atoms with Crippen LogP contribution in [-0.4, -0.2) is 29.2 Å². The zero-order chi connectivity index (χ0) is 23.6. The Labute approximate surface area is 199 Å². The van der Waals surface area contributed by atoms with Gasteiger partial charge in [-0.1, -0.05) is 75.9 Å². The van der Waals surface area contributed by atoms with Crippen molar-refractivity contribution in [2.45, 2.75) is 84.5 Å². The van der Waals surface area contributed by atoms with Gasteiger partial charge in [-0.25, -0.2) is 9.97 Å². The Morgan fingerprint density at radius 3 is 2.33 bits per heavy atom. The first-order valence-electron chi connectivity index (χ1n) is 12.6. The van der Waals surface area contributed by atoms with Gasteiger partial charge in [-0.05, 0) is 44.1 Å². The van der Waals surface area contributed by atoms with E-state index in [0.717, 1.165) is 44.5 Å². The van der Waals surface area contributed by atoms with Crippen LogP contribution in [0.2, 0.25) is 0 Å². The van der Waals surface area contributed by atoms with Crippen molar-refractivity contribution in [1.82, 2.24) is 9.97 Å². The van der Waals surface area contributed by atoms with E-state index in [1.165, 1.54) is 44.1 Å². The van der Waals surface area contributed by atoms with Crippen LogP contribution in [0, 0.1) is 0 Å². The minimum absolute atomic E-state index is 0.267. The number of aromatic nitrogens is 2. The van der Waals surface area contributed by atoms with Crippen LogP contribution in [0.4, 0.5) is 0 Å². The summed E-state index contributed by atoms with van der Waals surface area (Å²) < 4.78 is 10.9. The molecule has 1 aromatic carbocycles. The summed E-state index contributed by atoms with van der Waals surface area (Å²) in [6, 6.07) is 8.36. The molecule has 0 atom stereocenters. The second-order valence-electron chi connectivity index (χ2n) is 8.36. The van der Waals surface area contributed by atoms with Gasteiger partial charge in [-0.3, -0.25) is 4.79 Å². The van der Waals surface area contributed by atoms with E-state index >= 15 is 0 Å². The highest BCUT2D eigenvalue weighted by Crippen LogP contribution is 2.18. The molecule has 0 spiro atoms.